The van der Waals surface area contributed by atoms with Crippen molar-refractivity contribution in [2.75, 3.05) is 4.72 Å². The smallest absolute Gasteiger partial charge is 0.263 e. The Morgan fingerprint density at radius 2 is 1.95 bits per heavy atom. The van der Waals surface area contributed by atoms with Crippen LogP contribution < -0.4 is 4.72 Å². The number of hydrogen-bond donors (Lipinski definition) is 2. The van der Waals surface area contributed by atoms with Crippen LogP contribution >= 0.6 is 15.9 Å². The third-order valence-electron chi connectivity index (χ3n) is 2.32. The van der Waals surface area contributed by atoms with Crippen LogP contribution in [0.4, 0.5) is 5.82 Å². The highest BCUT2D eigenvalue weighted by atomic mass is 79.9. The summed E-state index contributed by atoms with van der Waals surface area (Å²) in [6.07, 6.45) is 2.51. The van der Waals surface area contributed by atoms with Crippen molar-refractivity contribution in [2.45, 2.75) is 4.90 Å². The van der Waals surface area contributed by atoms with Gasteiger partial charge in [0, 0.05) is 22.4 Å². The second-order valence-electron chi connectivity index (χ2n) is 3.65. The van der Waals surface area contributed by atoms with Gasteiger partial charge in [-0.25, -0.2) is 13.4 Å². The summed E-state index contributed by atoms with van der Waals surface area (Å²) in [5.41, 5.74) is 0.383. The molecule has 98 valence electrons. The fourth-order valence-electron chi connectivity index (χ4n) is 1.44. The lowest BCUT2D eigenvalue weighted by Gasteiger charge is -2.09. The molecule has 0 radical (unpaired) electrons. The monoisotopic (exact) mass is 339 g/mol. The number of sulfonamides is 1. The molecule has 0 bridgehead atoms. The van der Waals surface area contributed by atoms with Crippen molar-refractivity contribution < 1.29 is 8.42 Å². The molecule has 0 atom stereocenters. The first kappa shape index (κ1) is 13.7. The molecular weight excluding hydrogens is 330 g/mol. The van der Waals surface area contributed by atoms with Gasteiger partial charge in [-0.1, -0.05) is 18.2 Å². The Hall–Kier alpha value is -1.73. The van der Waals surface area contributed by atoms with E-state index in [1.807, 2.05) is 0 Å². The highest BCUT2D eigenvalue weighted by Crippen LogP contribution is 2.19. The fraction of sp³-hybridized carbons (Fsp3) is 0. The number of anilines is 1. The van der Waals surface area contributed by atoms with Crippen LogP contribution in [-0.4, -0.2) is 19.6 Å². The van der Waals surface area contributed by atoms with Crippen LogP contribution in [0.5, 0.6) is 0 Å². The largest absolute Gasteiger partial charge is 0.308 e. The third-order valence-corrected chi connectivity index (χ3v) is 4.11. The molecule has 0 amide bonds. The van der Waals surface area contributed by atoms with Gasteiger partial charge in [0.1, 0.15) is 5.82 Å². The Morgan fingerprint density at radius 1 is 1.26 bits per heavy atom. The molecule has 2 N–H and O–H groups in total. The molecule has 5 nitrogen and oxygen atoms in total. The van der Waals surface area contributed by atoms with Crippen LogP contribution in [0.25, 0.3) is 0 Å². The van der Waals surface area contributed by atoms with Crippen molar-refractivity contribution in [1.82, 2.24) is 4.98 Å². The van der Waals surface area contributed by atoms with Gasteiger partial charge in [-0.2, -0.15) is 0 Å². The minimum Gasteiger partial charge on any atom is -0.308 e. The quantitative estimate of drug-likeness (QED) is 0.840. The van der Waals surface area contributed by atoms with Crippen LogP contribution in [0.3, 0.4) is 0 Å². The molecule has 1 aromatic carbocycles. The third kappa shape index (κ3) is 3.18. The predicted molar refractivity (Wildman–Crippen MR) is 77.1 cm³/mol. The molecule has 0 saturated carbocycles. The molecule has 0 aliphatic carbocycles. The van der Waals surface area contributed by atoms with E-state index in [4.69, 9.17) is 5.41 Å². The minimum atomic E-state index is -3.69. The Balaban J connectivity index is 2.39. The maximum absolute atomic E-state index is 12.1. The van der Waals surface area contributed by atoms with Crippen LogP contribution in [0.15, 0.2) is 52.0 Å². The molecule has 0 saturated heterocycles. The van der Waals surface area contributed by atoms with Crippen molar-refractivity contribution in [1.29, 1.82) is 5.41 Å². The first-order valence-corrected chi connectivity index (χ1v) is 7.54. The van der Waals surface area contributed by atoms with E-state index in [9.17, 15) is 8.42 Å². The Kier molecular flexibility index (Phi) is 3.96. The summed E-state index contributed by atoms with van der Waals surface area (Å²) in [7, 11) is -3.69. The number of aromatic nitrogens is 1. The molecule has 1 heterocycles. The van der Waals surface area contributed by atoms with E-state index in [0.29, 0.717) is 10.0 Å². The van der Waals surface area contributed by atoms with Crippen LogP contribution in [0, 0.1) is 5.41 Å². The average Bonchev–Trinajstić information content (AvgIpc) is 2.41. The van der Waals surface area contributed by atoms with Crippen molar-refractivity contribution in [3.05, 3.63) is 52.6 Å². The van der Waals surface area contributed by atoms with E-state index in [1.165, 1.54) is 18.3 Å². The number of rotatable bonds is 4. The first-order valence-electron chi connectivity index (χ1n) is 5.27. The van der Waals surface area contributed by atoms with E-state index in [1.54, 1.807) is 24.3 Å². The number of nitrogens with one attached hydrogen (secondary N) is 2. The SMILES string of the molecule is N=Cc1cc(Br)cnc1NS(=O)(=O)c1ccccc1. The molecule has 0 spiro atoms. The summed E-state index contributed by atoms with van der Waals surface area (Å²) in [4.78, 5) is 4.12. The lowest BCUT2D eigenvalue weighted by Crippen LogP contribution is -2.15. The lowest BCUT2D eigenvalue weighted by molar-refractivity contribution is 0.601. The van der Waals surface area contributed by atoms with E-state index in [2.05, 4.69) is 25.6 Å². The highest BCUT2D eigenvalue weighted by Gasteiger charge is 2.16. The zero-order valence-corrected chi connectivity index (χ0v) is 12.1. The van der Waals surface area contributed by atoms with Gasteiger partial charge in [-0.3, -0.25) is 4.72 Å². The van der Waals surface area contributed by atoms with Gasteiger partial charge in [0.25, 0.3) is 10.0 Å². The van der Waals surface area contributed by atoms with Gasteiger partial charge in [0.05, 0.1) is 4.90 Å². The second kappa shape index (κ2) is 5.50. The highest BCUT2D eigenvalue weighted by molar-refractivity contribution is 9.10. The number of pyridine rings is 1. The number of nitrogens with zero attached hydrogens (tertiary/aromatic N) is 1. The number of halogens is 1. The summed E-state index contributed by atoms with van der Waals surface area (Å²) in [6, 6.07) is 9.61. The zero-order valence-electron chi connectivity index (χ0n) is 9.67. The normalized spacial score (nSPS) is 11.0. The topological polar surface area (TPSA) is 82.9 Å². The van der Waals surface area contributed by atoms with E-state index in [-0.39, 0.29) is 10.7 Å². The van der Waals surface area contributed by atoms with Gasteiger partial charge in [0.2, 0.25) is 0 Å². The predicted octanol–water partition coefficient (Wildman–Crippen LogP) is 2.64. The minimum absolute atomic E-state index is 0.127. The summed E-state index contributed by atoms with van der Waals surface area (Å²) >= 11 is 3.22. The number of benzene rings is 1. The standard InChI is InChI=1S/C12H10BrN3O2S/c13-10-6-9(7-14)12(15-8-10)16-19(17,18)11-4-2-1-3-5-11/h1-8,14H,(H,15,16). The zero-order chi connectivity index (χ0) is 13.9. The second-order valence-corrected chi connectivity index (χ2v) is 6.25. The van der Waals surface area contributed by atoms with Gasteiger partial charge < -0.3 is 5.41 Å². The number of hydrogen-bond acceptors (Lipinski definition) is 4. The summed E-state index contributed by atoms with van der Waals surface area (Å²) in [5.74, 6) is 0.127. The lowest BCUT2D eigenvalue weighted by atomic mass is 10.3. The van der Waals surface area contributed by atoms with Crippen molar-refractivity contribution >= 4 is 38.0 Å². The van der Waals surface area contributed by atoms with Gasteiger partial charge in [-0.05, 0) is 34.1 Å². The molecule has 0 aliphatic rings. The van der Waals surface area contributed by atoms with E-state index >= 15 is 0 Å². The van der Waals surface area contributed by atoms with Gasteiger partial charge in [-0.15, -0.1) is 0 Å². The summed E-state index contributed by atoms with van der Waals surface area (Å²) < 4.78 is 27.3. The van der Waals surface area contributed by atoms with Crippen molar-refractivity contribution in [3.8, 4) is 0 Å². The maximum atomic E-state index is 12.1. The summed E-state index contributed by atoms with van der Waals surface area (Å²) in [6.45, 7) is 0. The van der Waals surface area contributed by atoms with Crippen LogP contribution in [0.1, 0.15) is 5.56 Å². The van der Waals surface area contributed by atoms with Crippen molar-refractivity contribution in [3.63, 3.8) is 0 Å². The summed E-state index contributed by atoms with van der Waals surface area (Å²) in [5, 5.41) is 7.27. The maximum Gasteiger partial charge on any atom is 0.263 e. The molecular formula is C12H10BrN3O2S. The first-order chi connectivity index (χ1) is 9.03. The van der Waals surface area contributed by atoms with Crippen LogP contribution in [0.2, 0.25) is 0 Å². The van der Waals surface area contributed by atoms with Gasteiger partial charge >= 0.3 is 0 Å². The molecule has 2 aromatic rings. The van der Waals surface area contributed by atoms with E-state index < -0.39 is 10.0 Å². The molecule has 1 aromatic heterocycles. The molecule has 19 heavy (non-hydrogen) atoms. The molecule has 0 aliphatic heterocycles. The van der Waals surface area contributed by atoms with Crippen LogP contribution in [-0.2, 0) is 10.0 Å². The Labute approximate surface area is 119 Å². The molecule has 0 unspecified atom stereocenters. The average molecular weight is 340 g/mol. The Morgan fingerprint density at radius 3 is 2.58 bits per heavy atom. The molecule has 7 heteroatoms. The molecule has 2 rings (SSSR count). The Bertz CT molecular complexity index is 702. The fourth-order valence-corrected chi connectivity index (χ4v) is 2.84. The van der Waals surface area contributed by atoms with Crippen molar-refractivity contribution in [2.24, 2.45) is 0 Å². The molecule has 0 fully saturated rings. The van der Waals surface area contributed by atoms with E-state index in [0.717, 1.165) is 6.21 Å². The van der Waals surface area contributed by atoms with Gasteiger partial charge in [0.15, 0.2) is 0 Å².